The molecule has 0 spiro atoms. The Morgan fingerprint density at radius 3 is 2.62 bits per heavy atom. The SMILES string of the molecule is COC(=O)c1cc(Br)cc(C=O)c1[N+](=O)[O-]. The molecular formula is C9H6BrNO5. The summed E-state index contributed by atoms with van der Waals surface area (Å²) >= 11 is 3.05. The predicted molar refractivity (Wildman–Crippen MR) is 57.5 cm³/mol. The molecule has 0 aliphatic carbocycles. The fourth-order valence-electron chi connectivity index (χ4n) is 1.18. The largest absolute Gasteiger partial charge is 0.465 e. The van der Waals surface area contributed by atoms with E-state index >= 15 is 0 Å². The Hall–Kier alpha value is -1.76. The van der Waals surface area contributed by atoms with Crippen LogP contribution in [0.2, 0.25) is 0 Å². The van der Waals surface area contributed by atoms with E-state index in [2.05, 4.69) is 20.7 Å². The predicted octanol–water partition coefficient (Wildman–Crippen LogP) is 1.96. The lowest BCUT2D eigenvalue weighted by molar-refractivity contribution is -0.385. The first kappa shape index (κ1) is 12.3. The first-order valence-electron chi connectivity index (χ1n) is 4.02. The molecule has 0 N–H and O–H groups in total. The molecule has 0 aliphatic rings. The van der Waals surface area contributed by atoms with Crippen molar-refractivity contribution < 1.29 is 19.2 Å². The zero-order valence-corrected chi connectivity index (χ0v) is 9.68. The number of hydrogen-bond donors (Lipinski definition) is 0. The Morgan fingerprint density at radius 1 is 1.56 bits per heavy atom. The van der Waals surface area contributed by atoms with Crippen molar-refractivity contribution in [2.24, 2.45) is 0 Å². The summed E-state index contributed by atoms with van der Waals surface area (Å²) in [7, 11) is 1.10. The molecule has 0 atom stereocenters. The average molecular weight is 288 g/mol. The normalized spacial score (nSPS) is 9.62. The summed E-state index contributed by atoms with van der Waals surface area (Å²) in [5.74, 6) is -0.865. The number of nitrogens with zero attached hydrogens (tertiary/aromatic N) is 1. The van der Waals surface area contributed by atoms with E-state index in [0.29, 0.717) is 10.8 Å². The second kappa shape index (κ2) is 4.84. The van der Waals surface area contributed by atoms with Gasteiger partial charge >= 0.3 is 5.97 Å². The minimum Gasteiger partial charge on any atom is -0.465 e. The molecule has 0 fully saturated rings. The monoisotopic (exact) mass is 287 g/mol. The highest BCUT2D eigenvalue weighted by atomic mass is 79.9. The van der Waals surface area contributed by atoms with Crippen LogP contribution in [0.1, 0.15) is 20.7 Å². The summed E-state index contributed by atoms with van der Waals surface area (Å²) < 4.78 is 4.79. The molecule has 0 bridgehead atoms. The van der Waals surface area contributed by atoms with Gasteiger partial charge in [0.25, 0.3) is 5.69 Å². The van der Waals surface area contributed by atoms with E-state index < -0.39 is 16.6 Å². The van der Waals surface area contributed by atoms with Crippen molar-refractivity contribution in [3.05, 3.63) is 37.8 Å². The number of benzene rings is 1. The van der Waals surface area contributed by atoms with Crippen LogP contribution in [0, 0.1) is 10.1 Å². The second-order valence-corrected chi connectivity index (χ2v) is 3.67. The number of esters is 1. The van der Waals surface area contributed by atoms with E-state index in [0.717, 1.165) is 7.11 Å². The van der Waals surface area contributed by atoms with Crippen molar-refractivity contribution in [3.63, 3.8) is 0 Å². The number of halogens is 1. The molecule has 0 saturated carbocycles. The topological polar surface area (TPSA) is 86.5 Å². The highest BCUT2D eigenvalue weighted by molar-refractivity contribution is 9.10. The molecule has 0 heterocycles. The molecule has 0 aromatic heterocycles. The second-order valence-electron chi connectivity index (χ2n) is 2.76. The third-order valence-electron chi connectivity index (χ3n) is 1.82. The van der Waals surface area contributed by atoms with Gasteiger partial charge in [-0.25, -0.2) is 4.79 Å². The van der Waals surface area contributed by atoms with Gasteiger partial charge in [0.1, 0.15) is 5.56 Å². The number of carbonyl (C=O) groups excluding carboxylic acids is 2. The first-order valence-corrected chi connectivity index (χ1v) is 4.82. The maximum absolute atomic E-state index is 11.3. The molecule has 0 radical (unpaired) electrons. The van der Waals surface area contributed by atoms with E-state index in [1.807, 2.05) is 0 Å². The molecule has 1 aromatic carbocycles. The van der Waals surface area contributed by atoms with E-state index in [1.54, 1.807) is 0 Å². The van der Waals surface area contributed by atoms with Crippen LogP contribution in [0.5, 0.6) is 0 Å². The zero-order valence-electron chi connectivity index (χ0n) is 8.10. The van der Waals surface area contributed by atoms with Crippen molar-refractivity contribution in [1.82, 2.24) is 0 Å². The van der Waals surface area contributed by atoms with Crippen LogP contribution in [-0.4, -0.2) is 24.3 Å². The van der Waals surface area contributed by atoms with Gasteiger partial charge in [-0.15, -0.1) is 0 Å². The standard InChI is InChI=1S/C9H6BrNO5/c1-16-9(13)7-3-6(10)2-5(4-12)8(7)11(14)15/h2-4H,1H3. The van der Waals surface area contributed by atoms with E-state index in [4.69, 9.17) is 0 Å². The summed E-state index contributed by atoms with van der Waals surface area (Å²) in [5.41, 5.74) is -0.992. The molecule has 16 heavy (non-hydrogen) atoms. The number of ether oxygens (including phenoxy) is 1. The van der Waals surface area contributed by atoms with Gasteiger partial charge in [0.15, 0.2) is 6.29 Å². The summed E-state index contributed by atoms with van der Waals surface area (Å²) in [6.07, 6.45) is 0.315. The van der Waals surface area contributed by atoms with E-state index in [9.17, 15) is 19.7 Å². The Labute approximate surface area is 98.5 Å². The van der Waals surface area contributed by atoms with Crippen LogP contribution >= 0.6 is 15.9 Å². The molecule has 0 amide bonds. The smallest absolute Gasteiger partial charge is 0.344 e. The summed E-state index contributed by atoms with van der Waals surface area (Å²) in [4.78, 5) is 31.9. The summed E-state index contributed by atoms with van der Waals surface area (Å²) in [5, 5.41) is 10.8. The number of rotatable bonds is 3. The molecule has 0 saturated heterocycles. The number of nitro groups is 1. The molecule has 0 aliphatic heterocycles. The zero-order chi connectivity index (χ0) is 12.3. The van der Waals surface area contributed by atoms with Crippen molar-refractivity contribution in [2.45, 2.75) is 0 Å². The highest BCUT2D eigenvalue weighted by Crippen LogP contribution is 2.27. The fourth-order valence-corrected chi connectivity index (χ4v) is 1.66. The minimum atomic E-state index is -0.865. The molecular weight excluding hydrogens is 282 g/mol. The van der Waals surface area contributed by atoms with Gasteiger partial charge in [-0.3, -0.25) is 14.9 Å². The summed E-state index contributed by atoms with van der Waals surface area (Å²) in [6.45, 7) is 0. The van der Waals surface area contributed by atoms with Crippen LogP contribution in [0.25, 0.3) is 0 Å². The molecule has 0 unspecified atom stereocenters. The number of nitro benzene ring substituents is 1. The van der Waals surface area contributed by atoms with Crippen LogP contribution in [-0.2, 0) is 4.74 Å². The molecule has 84 valence electrons. The molecule has 7 heteroatoms. The van der Waals surface area contributed by atoms with Gasteiger partial charge < -0.3 is 4.74 Å². The first-order chi connectivity index (χ1) is 7.51. The lowest BCUT2D eigenvalue weighted by Gasteiger charge is -2.03. The van der Waals surface area contributed by atoms with Gasteiger partial charge in [0.05, 0.1) is 17.6 Å². The third kappa shape index (κ3) is 2.25. The average Bonchev–Trinajstić information content (AvgIpc) is 2.26. The van der Waals surface area contributed by atoms with Crippen molar-refractivity contribution in [3.8, 4) is 0 Å². The quantitative estimate of drug-likeness (QED) is 0.367. The maximum Gasteiger partial charge on any atom is 0.344 e. The van der Waals surface area contributed by atoms with Crippen LogP contribution in [0.15, 0.2) is 16.6 Å². The number of carbonyl (C=O) groups is 2. The Morgan fingerprint density at radius 2 is 2.19 bits per heavy atom. The molecule has 6 nitrogen and oxygen atoms in total. The van der Waals surface area contributed by atoms with Crippen molar-refractivity contribution in [1.29, 1.82) is 0 Å². The Bertz CT molecular complexity index is 471. The maximum atomic E-state index is 11.3. The van der Waals surface area contributed by atoms with E-state index in [1.165, 1.54) is 12.1 Å². The van der Waals surface area contributed by atoms with Crippen molar-refractivity contribution >= 4 is 33.9 Å². The molecule has 1 rings (SSSR count). The number of methoxy groups -OCH3 is 1. The van der Waals surface area contributed by atoms with Gasteiger partial charge in [0.2, 0.25) is 0 Å². The molecule has 1 aromatic rings. The lowest BCUT2D eigenvalue weighted by Crippen LogP contribution is -2.08. The Kier molecular flexibility index (Phi) is 3.73. The fraction of sp³-hybridized carbons (Fsp3) is 0.111. The third-order valence-corrected chi connectivity index (χ3v) is 2.28. The minimum absolute atomic E-state index is 0.181. The van der Waals surface area contributed by atoms with Gasteiger partial charge in [-0.05, 0) is 12.1 Å². The summed E-state index contributed by atoms with van der Waals surface area (Å²) in [6, 6.07) is 2.49. The highest BCUT2D eigenvalue weighted by Gasteiger charge is 2.25. The lowest BCUT2D eigenvalue weighted by atomic mass is 10.1. The Balaban J connectivity index is 3.56. The van der Waals surface area contributed by atoms with Crippen molar-refractivity contribution in [2.75, 3.05) is 7.11 Å². The van der Waals surface area contributed by atoms with Gasteiger partial charge in [-0.1, -0.05) is 15.9 Å². The van der Waals surface area contributed by atoms with Crippen LogP contribution in [0.3, 0.4) is 0 Å². The number of hydrogen-bond acceptors (Lipinski definition) is 5. The van der Waals surface area contributed by atoms with E-state index in [-0.39, 0.29) is 11.1 Å². The van der Waals surface area contributed by atoms with Crippen LogP contribution in [0.4, 0.5) is 5.69 Å². The van der Waals surface area contributed by atoms with Crippen LogP contribution < -0.4 is 0 Å². The van der Waals surface area contributed by atoms with Gasteiger partial charge in [0, 0.05) is 4.47 Å². The number of aldehydes is 1. The van der Waals surface area contributed by atoms with Gasteiger partial charge in [-0.2, -0.15) is 0 Å².